The summed E-state index contributed by atoms with van der Waals surface area (Å²) in [5.74, 6) is 0.706. The monoisotopic (exact) mass is 252 g/mol. The van der Waals surface area contributed by atoms with Crippen molar-refractivity contribution in [1.29, 1.82) is 0 Å². The van der Waals surface area contributed by atoms with E-state index in [1.807, 2.05) is 61.5 Å². The Morgan fingerprint density at radius 2 is 1.68 bits per heavy atom. The fourth-order valence-electron chi connectivity index (χ4n) is 1.69. The number of aromatic nitrogens is 4. The van der Waals surface area contributed by atoms with Crippen molar-refractivity contribution in [2.45, 2.75) is 6.92 Å². The minimum Gasteiger partial charge on any atom is -0.423 e. The molecule has 5 heteroatoms. The van der Waals surface area contributed by atoms with Crippen molar-refractivity contribution in [2.24, 2.45) is 0 Å². The van der Waals surface area contributed by atoms with Crippen LogP contribution < -0.4 is 4.74 Å². The summed E-state index contributed by atoms with van der Waals surface area (Å²) in [6.45, 7) is 2.03. The molecule has 19 heavy (non-hydrogen) atoms. The molecule has 0 aliphatic rings. The summed E-state index contributed by atoms with van der Waals surface area (Å²) in [5, 5.41) is 11.5. The van der Waals surface area contributed by atoms with Gasteiger partial charge >= 0.3 is 6.01 Å². The van der Waals surface area contributed by atoms with E-state index in [9.17, 15) is 0 Å². The van der Waals surface area contributed by atoms with E-state index < -0.39 is 0 Å². The molecule has 0 bridgehead atoms. The minimum absolute atomic E-state index is 0.343. The first-order valence-electron chi connectivity index (χ1n) is 5.91. The number of ether oxygens (including phenoxy) is 1. The summed E-state index contributed by atoms with van der Waals surface area (Å²) < 4.78 is 7.24. The summed E-state index contributed by atoms with van der Waals surface area (Å²) in [6.07, 6.45) is 0. The van der Waals surface area contributed by atoms with Crippen molar-refractivity contribution in [2.75, 3.05) is 0 Å². The Labute approximate surface area is 110 Å². The van der Waals surface area contributed by atoms with Gasteiger partial charge in [-0.25, -0.2) is 0 Å². The molecule has 0 saturated heterocycles. The van der Waals surface area contributed by atoms with Gasteiger partial charge in [-0.1, -0.05) is 41.0 Å². The van der Waals surface area contributed by atoms with Crippen LogP contribution in [0.5, 0.6) is 11.8 Å². The molecular weight excluding hydrogens is 240 g/mol. The number of nitrogens with zero attached hydrogens (tertiary/aromatic N) is 4. The molecule has 0 fully saturated rings. The fourth-order valence-corrected chi connectivity index (χ4v) is 1.69. The standard InChI is InChI=1S/C14H12N4O/c1-11-7-9-13(10-8-11)19-14-15-16-17-18(14)12-5-3-2-4-6-12/h2-10H,1H3. The van der Waals surface area contributed by atoms with Gasteiger partial charge in [-0.15, -0.1) is 0 Å². The molecule has 1 aromatic heterocycles. The molecule has 94 valence electrons. The van der Waals surface area contributed by atoms with Gasteiger partial charge in [0.15, 0.2) is 0 Å². The molecule has 0 spiro atoms. The largest absolute Gasteiger partial charge is 0.423 e. The van der Waals surface area contributed by atoms with E-state index in [1.54, 1.807) is 4.68 Å². The van der Waals surface area contributed by atoms with Crippen molar-refractivity contribution in [3.63, 3.8) is 0 Å². The Balaban J connectivity index is 1.91. The molecule has 0 saturated carbocycles. The molecule has 0 radical (unpaired) electrons. The molecule has 0 aliphatic heterocycles. The van der Waals surface area contributed by atoms with Gasteiger partial charge in [-0.05, 0) is 41.6 Å². The van der Waals surface area contributed by atoms with Crippen LogP contribution in [-0.2, 0) is 0 Å². The lowest BCUT2D eigenvalue weighted by Gasteiger charge is -2.05. The smallest absolute Gasteiger partial charge is 0.345 e. The van der Waals surface area contributed by atoms with E-state index in [2.05, 4.69) is 15.5 Å². The number of rotatable bonds is 3. The first kappa shape index (κ1) is 11.4. The fraction of sp³-hybridized carbons (Fsp3) is 0.0714. The normalized spacial score (nSPS) is 10.4. The van der Waals surface area contributed by atoms with Gasteiger partial charge in [-0.2, -0.15) is 4.68 Å². The van der Waals surface area contributed by atoms with Crippen LogP contribution in [0.4, 0.5) is 0 Å². The third-order valence-corrected chi connectivity index (χ3v) is 2.67. The van der Waals surface area contributed by atoms with E-state index in [0.29, 0.717) is 11.8 Å². The highest BCUT2D eigenvalue weighted by molar-refractivity contribution is 5.34. The van der Waals surface area contributed by atoms with Crippen molar-refractivity contribution in [1.82, 2.24) is 20.2 Å². The number of para-hydroxylation sites is 1. The van der Waals surface area contributed by atoms with Crippen LogP contribution in [0.1, 0.15) is 5.56 Å². The molecule has 0 aliphatic carbocycles. The molecular formula is C14H12N4O. The van der Waals surface area contributed by atoms with Gasteiger partial charge in [0.1, 0.15) is 5.75 Å². The minimum atomic E-state index is 0.343. The van der Waals surface area contributed by atoms with Crippen LogP contribution in [0.15, 0.2) is 54.6 Å². The van der Waals surface area contributed by atoms with Gasteiger partial charge < -0.3 is 4.74 Å². The number of hydrogen-bond acceptors (Lipinski definition) is 4. The maximum Gasteiger partial charge on any atom is 0.345 e. The Morgan fingerprint density at radius 1 is 0.947 bits per heavy atom. The van der Waals surface area contributed by atoms with Crippen LogP contribution >= 0.6 is 0 Å². The predicted octanol–water partition coefficient (Wildman–Crippen LogP) is 2.76. The van der Waals surface area contributed by atoms with Crippen LogP contribution in [0, 0.1) is 6.92 Å². The van der Waals surface area contributed by atoms with Gasteiger partial charge in [0.2, 0.25) is 0 Å². The van der Waals surface area contributed by atoms with E-state index in [-0.39, 0.29) is 0 Å². The third-order valence-electron chi connectivity index (χ3n) is 2.67. The van der Waals surface area contributed by atoms with Crippen LogP contribution in [-0.4, -0.2) is 20.2 Å². The van der Waals surface area contributed by atoms with E-state index >= 15 is 0 Å². The van der Waals surface area contributed by atoms with Crippen LogP contribution in [0.25, 0.3) is 5.69 Å². The van der Waals surface area contributed by atoms with Crippen LogP contribution in [0.3, 0.4) is 0 Å². The first-order chi connectivity index (χ1) is 9.33. The lowest BCUT2D eigenvalue weighted by Crippen LogP contribution is -1.99. The zero-order valence-corrected chi connectivity index (χ0v) is 10.4. The quantitative estimate of drug-likeness (QED) is 0.719. The Hall–Kier alpha value is -2.69. The van der Waals surface area contributed by atoms with E-state index in [1.165, 1.54) is 5.56 Å². The maximum absolute atomic E-state index is 5.69. The highest BCUT2D eigenvalue weighted by atomic mass is 16.5. The lowest BCUT2D eigenvalue weighted by atomic mass is 10.2. The van der Waals surface area contributed by atoms with E-state index in [4.69, 9.17) is 4.74 Å². The second-order valence-corrected chi connectivity index (χ2v) is 4.12. The predicted molar refractivity (Wildman–Crippen MR) is 70.4 cm³/mol. The van der Waals surface area contributed by atoms with Gasteiger partial charge in [0, 0.05) is 0 Å². The van der Waals surface area contributed by atoms with Crippen molar-refractivity contribution in [3.05, 3.63) is 60.2 Å². The summed E-state index contributed by atoms with van der Waals surface area (Å²) in [6, 6.07) is 17.7. The molecule has 3 rings (SSSR count). The summed E-state index contributed by atoms with van der Waals surface area (Å²) in [4.78, 5) is 0. The molecule has 0 unspecified atom stereocenters. The first-order valence-corrected chi connectivity index (χ1v) is 5.91. The molecule has 3 aromatic rings. The molecule has 1 heterocycles. The van der Waals surface area contributed by atoms with Crippen molar-refractivity contribution >= 4 is 0 Å². The Morgan fingerprint density at radius 3 is 2.42 bits per heavy atom. The summed E-state index contributed by atoms with van der Waals surface area (Å²) in [5.41, 5.74) is 2.03. The molecule has 2 aromatic carbocycles. The second-order valence-electron chi connectivity index (χ2n) is 4.12. The Kier molecular flexibility index (Phi) is 2.94. The van der Waals surface area contributed by atoms with Gasteiger partial charge in [0.25, 0.3) is 0 Å². The molecule has 0 N–H and O–H groups in total. The molecule has 0 atom stereocenters. The topological polar surface area (TPSA) is 52.8 Å². The maximum atomic E-state index is 5.69. The van der Waals surface area contributed by atoms with E-state index in [0.717, 1.165) is 5.69 Å². The van der Waals surface area contributed by atoms with Crippen LogP contribution in [0.2, 0.25) is 0 Å². The zero-order chi connectivity index (χ0) is 13.1. The molecule has 5 nitrogen and oxygen atoms in total. The number of benzene rings is 2. The highest BCUT2D eigenvalue weighted by Crippen LogP contribution is 2.21. The lowest BCUT2D eigenvalue weighted by molar-refractivity contribution is 0.427. The number of tetrazole rings is 1. The van der Waals surface area contributed by atoms with Crippen molar-refractivity contribution < 1.29 is 4.74 Å². The van der Waals surface area contributed by atoms with Crippen molar-refractivity contribution in [3.8, 4) is 17.4 Å². The second kappa shape index (κ2) is 4.89. The summed E-state index contributed by atoms with van der Waals surface area (Å²) >= 11 is 0. The zero-order valence-electron chi connectivity index (χ0n) is 10.4. The summed E-state index contributed by atoms with van der Waals surface area (Å²) in [7, 11) is 0. The highest BCUT2D eigenvalue weighted by Gasteiger charge is 2.09. The average molecular weight is 252 g/mol. The molecule has 0 amide bonds. The third kappa shape index (κ3) is 2.44. The average Bonchev–Trinajstić information content (AvgIpc) is 2.90. The number of hydrogen-bond donors (Lipinski definition) is 0. The SMILES string of the molecule is Cc1ccc(Oc2nnnn2-c2ccccc2)cc1. The Bertz CT molecular complexity index is 661. The van der Waals surface area contributed by atoms with Gasteiger partial charge in [0.05, 0.1) is 5.69 Å². The number of aryl methyl sites for hydroxylation is 1. The van der Waals surface area contributed by atoms with Gasteiger partial charge in [-0.3, -0.25) is 0 Å².